The number of hydrogen-bond donors (Lipinski definition) is 1. The van der Waals surface area contributed by atoms with Crippen LogP contribution in [0.5, 0.6) is 0 Å². The normalized spacial score (nSPS) is 14.6. The molecule has 8 heteroatoms. The monoisotopic (exact) mass is 430 g/mol. The molecule has 3 rings (SSSR count). The molecule has 2 aromatic carbocycles. The second-order valence-corrected chi connectivity index (χ2v) is 9.52. The minimum atomic E-state index is -3.33. The molecule has 1 fully saturated rings. The van der Waals surface area contributed by atoms with Crippen LogP contribution < -0.4 is 9.62 Å². The van der Waals surface area contributed by atoms with E-state index in [9.17, 15) is 18.0 Å². The molecule has 30 heavy (non-hydrogen) atoms. The first-order chi connectivity index (χ1) is 14.2. The number of anilines is 2. The van der Waals surface area contributed by atoms with Gasteiger partial charge in [-0.1, -0.05) is 24.3 Å². The molecule has 0 aromatic heterocycles. The van der Waals surface area contributed by atoms with Crippen LogP contribution in [-0.4, -0.2) is 40.2 Å². The Balaban J connectivity index is 1.60. The van der Waals surface area contributed by atoms with E-state index in [0.29, 0.717) is 18.0 Å². The first-order valence-corrected chi connectivity index (χ1v) is 11.6. The lowest BCUT2D eigenvalue weighted by molar-refractivity contribution is -0.146. The van der Waals surface area contributed by atoms with Crippen molar-refractivity contribution < 1.29 is 22.7 Å². The molecule has 0 bridgehead atoms. The molecule has 1 N–H and O–H groups in total. The first kappa shape index (κ1) is 21.8. The van der Waals surface area contributed by atoms with Crippen molar-refractivity contribution in [1.29, 1.82) is 0 Å². The number of benzene rings is 2. The second-order valence-electron chi connectivity index (χ2n) is 7.50. The van der Waals surface area contributed by atoms with Gasteiger partial charge >= 0.3 is 5.97 Å². The Bertz CT molecular complexity index is 1030. The predicted octanol–water partition coefficient (Wildman–Crippen LogP) is 2.86. The molecule has 0 radical (unpaired) electrons. The third-order valence-corrected chi connectivity index (χ3v) is 6.51. The van der Waals surface area contributed by atoms with Crippen molar-refractivity contribution in [3.63, 3.8) is 0 Å². The van der Waals surface area contributed by atoms with Gasteiger partial charge < -0.3 is 10.1 Å². The molecule has 0 unspecified atom stereocenters. The van der Waals surface area contributed by atoms with Gasteiger partial charge in [-0.2, -0.15) is 0 Å². The smallest absolute Gasteiger partial charge is 0.316 e. The molecule has 0 atom stereocenters. The summed E-state index contributed by atoms with van der Waals surface area (Å²) in [6.07, 6.45) is 2.86. The van der Waals surface area contributed by atoms with E-state index < -0.39 is 15.4 Å². The highest BCUT2D eigenvalue weighted by atomic mass is 32.2. The summed E-state index contributed by atoms with van der Waals surface area (Å²) in [7, 11) is -1.85. The summed E-state index contributed by atoms with van der Waals surface area (Å²) in [5.74, 6) is -0.370. The Morgan fingerprint density at radius 1 is 1.07 bits per heavy atom. The van der Waals surface area contributed by atoms with Gasteiger partial charge in [0.05, 0.1) is 30.4 Å². The summed E-state index contributed by atoms with van der Waals surface area (Å²) in [5, 5.41) is 2.84. The van der Waals surface area contributed by atoms with Crippen LogP contribution in [0.3, 0.4) is 0 Å². The summed E-state index contributed by atoms with van der Waals surface area (Å²) < 4.78 is 29.6. The molecule has 0 saturated heterocycles. The standard InChI is InChI=1S/C22H26N2O5S/c1-4-29-21(26)22(13-14-22)17-7-9-18(10-8-17)23-20(25)15-16-5-11-19(12-6-16)24(2)30(3,27)28/h5-12H,4,13-15H2,1-3H3,(H,23,25). The van der Waals surface area contributed by atoms with Crippen molar-refractivity contribution in [3.8, 4) is 0 Å². The van der Waals surface area contributed by atoms with Gasteiger partial charge in [-0.3, -0.25) is 13.9 Å². The van der Waals surface area contributed by atoms with Crippen LogP contribution >= 0.6 is 0 Å². The highest BCUT2D eigenvalue weighted by Crippen LogP contribution is 2.49. The molecule has 1 saturated carbocycles. The van der Waals surface area contributed by atoms with E-state index in [1.165, 1.54) is 11.4 Å². The Morgan fingerprint density at radius 2 is 1.67 bits per heavy atom. The molecule has 0 aliphatic heterocycles. The number of nitrogens with one attached hydrogen (secondary N) is 1. The van der Waals surface area contributed by atoms with Crippen LogP contribution in [0, 0.1) is 0 Å². The minimum Gasteiger partial charge on any atom is -0.465 e. The zero-order valence-corrected chi connectivity index (χ0v) is 18.2. The lowest BCUT2D eigenvalue weighted by Gasteiger charge is -2.16. The van der Waals surface area contributed by atoms with Crippen LogP contribution in [0.15, 0.2) is 48.5 Å². The predicted molar refractivity (Wildman–Crippen MR) is 116 cm³/mol. The maximum atomic E-state index is 12.4. The van der Waals surface area contributed by atoms with E-state index in [2.05, 4.69) is 5.32 Å². The highest BCUT2D eigenvalue weighted by molar-refractivity contribution is 7.92. The van der Waals surface area contributed by atoms with Crippen molar-refractivity contribution in [2.75, 3.05) is 29.5 Å². The number of hydrogen-bond acceptors (Lipinski definition) is 5. The van der Waals surface area contributed by atoms with Crippen LogP contribution in [0.4, 0.5) is 11.4 Å². The third-order valence-electron chi connectivity index (χ3n) is 5.30. The number of amides is 1. The topological polar surface area (TPSA) is 92.8 Å². The summed E-state index contributed by atoms with van der Waals surface area (Å²) in [6, 6.07) is 14.1. The van der Waals surface area contributed by atoms with E-state index in [1.54, 1.807) is 43.3 Å². The largest absolute Gasteiger partial charge is 0.465 e. The Labute approximate surface area is 177 Å². The zero-order chi connectivity index (χ0) is 21.9. The van der Waals surface area contributed by atoms with Gasteiger partial charge in [0.15, 0.2) is 0 Å². The van der Waals surface area contributed by atoms with Crippen LogP contribution in [-0.2, 0) is 36.2 Å². The average Bonchev–Trinajstić information content (AvgIpc) is 3.50. The molecule has 7 nitrogen and oxygen atoms in total. The first-order valence-electron chi connectivity index (χ1n) is 9.76. The molecule has 1 aliphatic rings. The molecule has 1 amide bonds. The minimum absolute atomic E-state index is 0.164. The summed E-state index contributed by atoms with van der Waals surface area (Å²) in [6.45, 7) is 2.16. The molecular weight excluding hydrogens is 404 g/mol. The van der Waals surface area contributed by atoms with E-state index in [4.69, 9.17) is 4.74 Å². The van der Waals surface area contributed by atoms with Gasteiger partial charge in [0.1, 0.15) is 0 Å². The lowest BCUT2D eigenvalue weighted by Crippen LogP contribution is -2.24. The van der Waals surface area contributed by atoms with E-state index in [0.717, 1.165) is 30.2 Å². The molecule has 0 spiro atoms. The SMILES string of the molecule is CCOC(=O)C1(c2ccc(NC(=O)Cc3ccc(N(C)S(C)(=O)=O)cc3)cc2)CC1. The number of carbonyl (C=O) groups is 2. The van der Waals surface area contributed by atoms with Gasteiger partial charge in [0.25, 0.3) is 0 Å². The fraction of sp³-hybridized carbons (Fsp3) is 0.364. The summed E-state index contributed by atoms with van der Waals surface area (Å²) in [4.78, 5) is 24.5. The fourth-order valence-corrected chi connectivity index (χ4v) is 3.79. The maximum absolute atomic E-state index is 12.4. The zero-order valence-electron chi connectivity index (χ0n) is 17.3. The Kier molecular flexibility index (Phi) is 6.17. The van der Waals surface area contributed by atoms with E-state index in [1.807, 2.05) is 12.1 Å². The highest BCUT2D eigenvalue weighted by Gasteiger charge is 2.52. The quantitative estimate of drug-likeness (QED) is 0.650. The van der Waals surface area contributed by atoms with Gasteiger partial charge in [-0.25, -0.2) is 8.42 Å². The molecule has 2 aromatic rings. The molecular formula is C22H26N2O5S. The van der Waals surface area contributed by atoms with Gasteiger partial charge in [0.2, 0.25) is 15.9 Å². The van der Waals surface area contributed by atoms with E-state index in [-0.39, 0.29) is 18.3 Å². The van der Waals surface area contributed by atoms with Crippen molar-refractivity contribution in [2.45, 2.75) is 31.6 Å². The molecule has 1 aliphatic carbocycles. The summed E-state index contributed by atoms with van der Waals surface area (Å²) in [5.41, 5.74) is 2.34. The number of nitrogens with zero attached hydrogens (tertiary/aromatic N) is 1. The van der Waals surface area contributed by atoms with Gasteiger partial charge in [0, 0.05) is 12.7 Å². The second kappa shape index (κ2) is 8.47. The van der Waals surface area contributed by atoms with Crippen molar-refractivity contribution in [3.05, 3.63) is 59.7 Å². The van der Waals surface area contributed by atoms with Crippen LogP contribution in [0.25, 0.3) is 0 Å². The van der Waals surface area contributed by atoms with Crippen LogP contribution in [0.1, 0.15) is 30.9 Å². The molecule has 0 heterocycles. The van der Waals surface area contributed by atoms with Crippen molar-refractivity contribution >= 4 is 33.3 Å². The lowest BCUT2D eigenvalue weighted by atomic mass is 9.96. The fourth-order valence-electron chi connectivity index (χ4n) is 3.28. The Morgan fingerprint density at radius 3 is 2.17 bits per heavy atom. The number of sulfonamides is 1. The number of ether oxygens (including phenoxy) is 1. The van der Waals surface area contributed by atoms with Gasteiger partial charge in [-0.15, -0.1) is 0 Å². The number of carbonyl (C=O) groups excluding carboxylic acids is 2. The number of rotatable bonds is 8. The van der Waals surface area contributed by atoms with Crippen molar-refractivity contribution in [1.82, 2.24) is 0 Å². The average molecular weight is 431 g/mol. The van der Waals surface area contributed by atoms with E-state index >= 15 is 0 Å². The maximum Gasteiger partial charge on any atom is 0.316 e. The third kappa shape index (κ3) is 4.81. The molecule has 160 valence electrons. The van der Waals surface area contributed by atoms with Gasteiger partial charge in [-0.05, 0) is 55.2 Å². The van der Waals surface area contributed by atoms with Crippen LogP contribution in [0.2, 0.25) is 0 Å². The number of esters is 1. The Hall–Kier alpha value is -2.87. The summed E-state index contributed by atoms with van der Waals surface area (Å²) >= 11 is 0. The van der Waals surface area contributed by atoms with Crippen molar-refractivity contribution in [2.24, 2.45) is 0 Å².